The maximum atomic E-state index is 11.6. The predicted molar refractivity (Wildman–Crippen MR) is 117 cm³/mol. The van der Waals surface area contributed by atoms with Gasteiger partial charge in [0.1, 0.15) is 0 Å². The van der Waals surface area contributed by atoms with Gasteiger partial charge in [0, 0.05) is 5.57 Å². The van der Waals surface area contributed by atoms with Gasteiger partial charge in [-0.1, -0.05) is 84.1 Å². The summed E-state index contributed by atoms with van der Waals surface area (Å²) in [7, 11) is -4.67. The van der Waals surface area contributed by atoms with E-state index in [4.69, 9.17) is 22.3 Å². The first-order chi connectivity index (χ1) is 12.7. The Kier molecular flexibility index (Phi) is 27.3. The van der Waals surface area contributed by atoms with E-state index in [0.29, 0.717) is 6.61 Å². The molecule has 28 heavy (non-hydrogen) atoms. The van der Waals surface area contributed by atoms with E-state index in [-0.39, 0.29) is 35.5 Å². The van der Waals surface area contributed by atoms with Gasteiger partial charge in [-0.25, -0.2) is 4.79 Å². The van der Waals surface area contributed by atoms with Crippen LogP contribution < -0.4 is 0 Å². The van der Waals surface area contributed by atoms with Gasteiger partial charge in [-0.15, -0.1) is 0 Å². The van der Waals surface area contributed by atoms with E-state index in [1.807, 2.05) is 13.0 Å². The van der Waals surface area contributed by atoms with Gasteiger partial charge in [0.05, 0.1) is 6.61 Å². The Bertz CT molecular complexity index is 469. The molecule has 0 atom stereocenters. The molecule has 8 heteroatoms. The fraction of sp³-hybridized carbons (Fsp3) is 0.850. The number of hydrogen-bond donors (Lipinski definition) is 2. The molecule has 0 aromatic heterocycles. The monoisotopic (exact) mass is 432 g/mol. The molecule has 0 heterocycles. The number of rotatable bonds is 15. The molecule has 0 saturated heterocycles. The minimum absolute atomic E-state index is 0. The molecule has 0 radical (unpaired) electrons. The number of ether oxygens (including phenoxy) is 1. The summed E-state index contributed by atoms with van der Waals surface area (Å²) in [4.78, 5) is 11.6. The number of esters is 1. The van der Waals surface area contributed by atoms with Crippen LogP contribution in [0.4, 0.5) is 0 Å². The number of hydrogen-bond acceptors (Lipinski definition) is 4. The van der Waals surface area contributed by atoms with Crippen molar-refractivity contribution in [1.29, 1.82) is 0 Å². The quantitative estimate of drug-likeness (QED) is 0.120. The first-order valence-corrected chi connectivity index (χ1v) is 11.7. The summed E-state index contributed by atoms with van der Waals surface area (Å²) < 4.78 is 36.8. The SMILES string of the molecule is CCCCCCCCCCCCC=C(C)C(=O)OCCCC.O=S(=O)(O)O.[NaH]. The second-order valence-corrected chi connectivity index (χ2v) is 7.69. The molecule has 0 amide bonds. The Hall–Kier alpha value is 0.0800. The Morgan fingerprint density at radius 2 is 1.21 bits per heavy atom. The van der Waals surface area contributed by atoms with Crippen LogP contribution in [0.3, 0.4) is 0 Å². The Labute approximate surface area is 194 Å². The molecule has 0 bridgehead atoms. The van der Waals surface area contributed by atoms with Crippen molar-refractivity contribution >= 4 is 45.9 Å². The Morgan fingerprint density at radius 1 is 0.821 bits per heavy atom. The topological polar surface area (TPSA) is 101 Å². The third-order valence-electron chi connectivity index (χ3n) is 4.06. The van der Waals surface area contributed by atoms with Crippen molar-refractivity contribution in [2.45, 2.75) is 104 Å². The van der Waals surface area contributed by atoms with Gasteiger partial charge in [0.2, 0.25) is 0 Å². The molecule has 2 N–H and O–H groups in total. The molecular weight excluding hydrogens is 391 g/mol. The van der Waals surface area contributed by atoms with Crippen molar-refractivity contribution in [2.75, 3.05) is 6.61 Å². The molecule has 0 rings (SSSR count). The first kappa shape index (κ1) is 32.7. The number of allylic oxidation sites excluding steroid dienone is 1. The second kappa shape index (κ2) is 23.4. The molecule has 0 aromatic carbocycles. The summed E-state index contributed by atoms with van der Waals surface area (Å²) in [6.07, 6.45) is 18.6. The number of carbonyl (C=O) groups is 1. The van der Waals surface area contributed by atoms with Crippen LogP contribution in [0, 0.1) is 0 Å². The van der Waals surface area contributed by atoms with Gasteiger partial charge in [-0.05, 0) is 26.2 Å². The molecule has 0 aliphatic rings. The van der Waals surface area contributed by atoms with Gasteiger partial charge >= 0.3 is 45.9 Å². The zero-order valence-corrected chi connectivity index (χ0v) is 18.2. The van der Waals surface area contributed by atoms with Crippen molar-refractivity contribution in [3.63, 3.8) is 0 Å². The van der Waals surface area contributed by atoms with Gasteiger partial charge in [-0.2, -0.15) is 8.42 Å². The van der Waals surface area contributed by atoms with Crippen molar-refractivity contribution in [2.24, 2.45) is 0 Å². The maximum absolute atomic E-state index is 11.6. The van der Waals surface area contributed by atoms with Crippen LogP contribution in [-0.4, -0.2) is 59.7 Å². The number of unbranched alkanes of at least 4 members (excludes halogenated alkanes) is 11. The molecule has 0 aromatic rings. The first-order valence-electron chi connectivity index (χ1n) is 10.3. The van der Waals surface area contributed by atoms with Crippen molar-refractivity contribution in [1.82, 2.24) is 0 Å². The average Bonchev–Trinajstić information content (AvgIpc) is 2.58. The van der Waals surface area contributed by atoms with Crippen LogP contribution in [0.5, 0.6) is 0 Å². The van der Waals surface area contributed by atoms with E-state index < -0.39 is 10.4 Å². The molecule has 6 nitrogen and oxygen atoms in total. The zero-order valence-electron chi connectivity index (χ0n) is 17.4. The molecule has 0 unspecified atom stereocenters. The third-order valence-corrected chi connectivity index (χ3v) is 4.06. The average molecular weight is 433 g/mol. The molecule has 0 aliphatic heterocycles. The molecular formula is C20H41NaO6S. The van der Waals surface area contributed by atoms with Gasteiger partial charge in [0.25, 0.3) is 0 Å². The summed E-state index contributed by atoms with van der Waals surface area (Å²) in [5.41, 5.74) is 0.770. The van der Waals surface area contributed by atoms with E-state index in [9.17, 15) is 4.79 Å². The normalized spacial score (nSPS) is 11.2. The Morgan fingerprint density at radius 3 is 1.64 bits per heavy atom. The van der Waals surface area contributed by atoms with E-state index in [0.717, 1.165) is 24.8 Å². The van der Waals surface area contributed by atoms with Gasteiger partial charge in [0.15, 0.2) is 0 Å². The van der Waals surface area contributed by atoms with Gasteiger partial charge < -0.3 is 4.74 Å². The minimum atomic E-state index is -4.67. The second-order valence-electron chi connectivity index (χ2n) is 6.80. The van der Waals surface area contributed by atoms with Crippen LogP contribution in [0.15, 0.2) is 11.6 Å². The van der Waals surface area contributed by atoms with E-state index in [1.54, 1.807) is 0 Å². The molecule has 0 saturated carbocycles. The van der Waals surface area contributed by atoms with Gasteiger partial charge in [-0.3, -0.25) is 9.11 Å². The fourth-order valence-corrected chi connectivity index (χ4v) is 2.46. The van der Waals surface area contributed by atoms with Crippen LogP contribution in [-0.2, 0) is 19.9 Å². The summed E-state index contributed by atoms with van der Waals surface area (Å²) >= 11 is 0. The van der Waals surface area contributed by atoms with Crippen molar-refractivity contribution in [3.8, 4) is 0 Å². The van der Waals surface area contributed by atoms with Crippen molar-refractivity contribution < 1.29 is 27.1 Å². The zero-order chi connectivity index (χ0) is 21.0. The van der Waals surface area contributed by atoms with Crippen LogP contribution in [0.2, 0.25) is 0 Å². The molecule has 0 spiro atoms. The fourth-order valence-electron chi connectivity index (χ4n) is 2.46. The number of carbonyl (C=O) groups excluding carboxylic acids is 1. The van der Waals surface area contributed by atoms with Crippen LogP contribution in [0.25, 0.3) is 0 Å². The van der Waals surface area contributed by atoms with E-state index in [1.165, 1.54) is 64.2 Å². The summed E-state index contributed by atoms with van der Waals surface area (Å²) in [5.74, 6) is -0.138. The summed E-state index contributed by atoms with van der Waals surface area (Å²) in [6.45, 7) is 6.78. The third kappa shape index (κ3) is 33.6. The van der Waals surface area contributed by atoms with E-state index >= 15 is 0 Å². The van der Waals surface area contributed by atoms with Crippen LogP contribution in [0.1, 0.15) is 104 Å². The molecule has 0 fully saturated rings. The summed E-state index contributed by atoms with van der Waals surface area (Å²) in [5, 5.41) is 0. The van der Waals surface area contributed by atoms with E-state index in [2.05, 4.69) is 13.8 Å². The molecule has 0 aliphatic carbocycles. The standard InChI is InChI=1S/C20H38O2.Na.H2O4S.H/c1-4-6-8-9-10-11-12-13-14-15-16-17-19(3)20(21)22-18-7-5-2;;1-5(2,3)4;/h17H,4-16,18H2,1-3H3;;(H2,1,2,3,4);. The Balaban J connectivity index is -0.000000918. The predicted octanol–water partition coefficient (Wildman–Crippen LogP) is 5.29. The molecule has 164 valence electrons. The van der Waals surface area contributed by atoms with Crippen LogP contribution >= 0.6 is 0 Å². The van der Waals surface area contributed by atoms with Crippen molar-refractivity contribution in [3.05, 3.63) is 11.6 Å². The summed E-state index contributed by atoms with van der Waals surface area (Å²) in [6, 6.07) is 0.